The van der Waals surface area contributed by atoms with Gasteiger partial charge in [-0.05, 0) is 42.4 Å². The zero-order valence-electron chi connectivity index (χ0n) is 8.79. The summed E-state index contributed by atoms with van der Waals surface area (Å²) < 4.78 is 0. The predicted molar refractivity (Wildman–Crippen MR) is 58.5 cm³/mol. The van der Waals surface area contributed by atoms with Gasteiger partial charge in [0.25, 0.3) is 0 Å². The largest absolute Gasteiger partial charge is 0.508 e. The Bertz CT molecular complexity index is 294. The van der Waals surface area contributed by atoms with Gasteiger partial charge in [0.05, 0.1) is 0 Å². The van der Waals surface area contributed by atoms with Crippen LogP contribution < -0.4 is 0 Å². The molecule has 1 saturated carbocycles. The Labute approximate surface area is 85.8 Å². The van der Waals surface area contributed by atoms with Crippen LogP contribution in [0, 0.1) is 0 Å². The van der Waals surface area contributed by atoms with E-state index in [1.54, 1.807) is 0 Å². The van der Waals surface area contributed by atoms with Crippen molar-refractivity contribution >= 4 is 0 Å². The van der Waals surface area contributed by atoms with Gasteiger partial charge in [0.1, 0.15) is 5.75 Å². The normalized spacial score (nSPS) is 19.8. The Morgan fingerprint density at radius 3 is 2.21 bits per heavy atom. The minimum Gasteiger partial charge on any atom is -0.508 e. The van der Waals surface area contributed by atoms with Crippen molar-refractivity contribution in [2.45, 2.75) is 44.4 Å². The lowest BCUT2D eigenvalue weighted by Gasteiger charge is -2.28. The lowest BCUT2D eigenvalue weighted by atomic mass is 9.77. The van der Waals surface area contributed by atoms with E-state index in [-0.39, 0.29) is 0 Å². The van der Waals surface area contributed by atoms with Crippen molar-refractivity contribution in [1.82, 2.24) is 0 Å². The van der Waals surface area contributed by atoms with Crippen LogP contribution in [0.15, 0.2) is 24.3 Å². The molecule has 0 aromatic heterocycles. The molecule has 0 bridgehead atoms. The summed E-state index contributed by atoms with van der Waals surface area (Å²) >= 11 is 0. The van der Waals surface area contributed by atoms with E-state index < -0.39 is 0 Å². The summed E-state index contributed by atoms with van der Waals surface area (Å²) in [6.07, 6.45) is 6.56. The molecular formula is C13H18O. The third kappa shape index (κ3) is 1.52. The number of benzene rings is 1. The molecule has 0 amide bonds. The maximum absolute atomic E-state index is 9.26. The average molecular weight is 190 g/mol. The number of phenols is 1. The van der Waals surface area contributed by atoms with Crippen LogP contribution in [-0.4, -0.2) is 5.11 Å². The van der Waals surface area contributed by atoms with Gasteiger partial charge in [-0.25, -0.2) is 0 Å². The molecule has 1 heteroatoms. The molecule has 0 atom stereocenters. The summed E-state index contributed by atoms with van der Waals surface area (Å²) in [5.74, 6) is 0.373. The third-order valence-electron chi connectivity index (χ3n) is 3.72. The molecular weight excluding hydrogens is 172 g/mol. The summed E-state index contributed by atoms with van der Waals surface area (Å²) in [6, 6.07) is 7.80. The molecule has 0 spiro atoms. The standard InChI is InChI=1S/C13H18O/c1-2-13(9-3-4-10-13)11-5-7-12(14)8-6-11/h5-8,14H,2-4,9-10H2,1H3. The van der Waals surface area contributed by atoms with Crippen molar-refractivity contribution in [3.05, 3.63) is 29.8 Å². The van der Waals surface area contributed by atoms with E-state index in [0.29, 0.717) is 11.2 Å². The fourth-order valence-electron chi connectivity index (χ4n) is 2.71. The molecule has 76 valence electrons. The Morgan fingerprint density at radius 1 is 1.14 bits per heavy atom. The van der Waals surface area contributed by atoms with E-state index in [4.69, 9.17) is 0 Å². The Balaban J connectivity index is 2.31. The van der Waals surface area contributed by atoms with E-state index in [9.17, 15) is 5.11 Å². The van der Waals surface area contributed by atoms with Crippen LogP contribution in [0.4, 0.5) is 0 Å². The maximum Gasteiger partial charge on any atom is 0.115 e. The van der Waals surface area contributed by atoms with Crippen molar-refractivity contribution in [2.24, 2.45) is 0 Å². The van der Waals surface area contributed by atoms with Crippen LogP contribution in [0.1, 0.15) is 44.6 Å². The fraction of sp³-hybridized carbons (Fsp3) is 0.538. The van der Waals surface area contributed by atoms with Crippen LogP contribution in [-0.2, 0) is 5.41 Å². The van der Waals surface area contributed by atoms with Gasteiger partial charge in [0.15, 0.2) is 0 Å². The van der Waals surface area contributed by atoms with Gasteiger partial charge in [0.2, 0.25) is 0 Å². The monoisotopic (exact) mass is 190 g/mol. The molecule has 0 heterocycles. The summed E-state index contributed by atoms with van der Waals surface area (Å²) in [5.41, 5.74) is 1.82. The highest BCUT2D eigenvalue weighted by Crippen LogP contribution is 2.43. The van der Waals surface area contributed by atoms with E-state index in [2.05, 4.69) is 19.1 Å². The van der Waals surface area contributed by atoms with Crippen LogP contribution >= 0.6 is 0 Å². The Hall–Kier alpha value is -0.980. The SMILES string of the molecule is CCC1(c2ccc(O)cc2)CCCC1. The van der Waals surface area contributed by atoms with Gasteiger partial charge < -0.3 is 5.11 Å². The highest BCUT2D eigenvalue weighted by Gasteiger charge is 2.33. The molecule has 1 nitrogen and oxygen atoms in total. The van der Waals surface area contributed by atoms with Gasteiger partial charge >= 0.3 is 0 Å². The number of hydrogen-bond donors (Lipinski definition) is 1. The third-order valence-corrected chi connectivity index (χ3v) is 3.72. The highest BCUT2D eigenvalue weighted by molar-refractivity contribution is 5.32. The summed E-state index contributed by atoms with van der Waals surface area (Å²) in [4.78, 5) is 0. The van der Waals surface area contributed by atoms with Crippen molar-refractivity contribution in [3.63, 3.8) is 0 Å². The quantitative estimate of drug-likeness (QED) is 0.755. The predicted octanol–water partition coefficient (Wildman–Crippen LogP) is 3.61. The number of aromatic hydroxyl groups is 1. The molecule has 1 aliphatic rings. The molecule has 1 aromatic rings. The summed E-state index contributed by atoms with van der Waals surface area (Å²) in [5, 5.41) is 9.26. The first kappa shape index (κ1) is 9.57. The van der Waals surface area contributed by atoms with Gasteiger partial charge in [-0.2, -0.15) is 0 Å². The van der Waals surface area contributed by atoms with Gasteiger partial charge in [0, 0.05) is 0 Å². The molecule has 1 aromatic carbocycles. The lowest BCUT2D eigenvalue weighted by molar-refractivity contribution is 0.423. The van der Waals surface area contributed by atoms with E-state index in [1.165, 1.54) is 37.7 Å². The molecule has 0 unspecified atom stereocenters. The molecule has 0 aliphatic heterocycles. The van der Waals surface area contributed by atoms with Gasteiger partial charge in [-0.1, -0.05) is 31.9 Å². The zero-order chi connectivity index (χ0) is 10.0. The summed E-state index contributed by atoms with van der Waals surface area (Å²) in [7, 11) is 0. The molecule has 1 N–H and O–H groups in total. The Kier molecular flexibility index (Phi) is 2.49. The second-order valence-electron chi connectivity index (χ2n) is 4.39. The first-order valence-electron chi connectivity index (χ1n) is 5.56. The van der Waals surface area contributed by atoms with Crippen LogP contribution in [0.2, 0.25) is 0 Å². The minimum atomic E-state index is 0.373. The molecule has 0 radical (unpaired) electrons. The topological polar surface area (TPSA) is 20.2 Å². The second kappa shape index (κ2) is 3.64. The maximum atomic E-state index is 9.26. The average Bonchev–Trinajstić information content (AvgIpc) is 2.68. The van der Waals surface area contributed by atoms with Gasteiger partial charge in [-0.15, -0.1) is 0 Å². The van der Waals surface area contributed by atoms with Crippen LogP contribution in [0.3, 0.4) is 0 Å². The lowest BCUT2D eigenvalue weighted by Crippen LogP contribution is -2.20. The fourth-order valence-corrected chi connectivity index (χ4v) is 2.71. The smallest absolute Gasteiger partial charge is 0.115 e. The van der Waals surface area contributed by atoms with Crippen LogP contribution in [0.5, 0.6) is 5.75 Å². The number of phenolic OH excluding ortho intramolecular Hbond substituents is 1. The summed E-state index contributed by atoms with van der Waals surface area (Å²) in [6.45, 7) is 2.28. The first-order chi connectivity index (χ1) is 6.77. The van der Waals surface area contributed by atoms with E-state index >= 15 is 0 Å². The number of rotatable bonds is 2. The number of hydrogen-bond acceptors (Lipinski definition) is 1. The van der Waals surface area contributed by atoms with E-state index in [0.717, 1.165) is 0 Å². The van der Waals surface area contributed by atoms with Crippen molar-refractivity contribution < 1.29 is 5.11 Å². The molecule has 2 rings (SSSR count). The second-order valence-corrected chi connectivity index (χ2v) is 4.39. The van der Waals surface area contributed by atoms with Crippen molar-refractivity contribution in [3.8, 4) is 5.75 Å². The highest BCUT2D eigenvalue weighted by atomic mass is 16.3. The van der Waals surface area contributed by atoms with E-state index in [1.807, 2.05) is 12.1 Å². The van der Waals surface area contributed by atoms with Crippen LogP contribution in [0.25, 0.3) is 0 Å². The molecule has 0 saturated heterocycles. The van der Waals surface area contributed by atoms with Crippen molar-refractivity contribution in [2.75, 3.05) is 0 Å². The molecule has 1 aliphatic carbocycles. The molecule has 14 heavy (non-hydrogen) atoms. The van der Waals surface area contributed by atoms with Crippen molar-refractivity contribution in [1.29, 1.82) is 0 Å². The minimum absolute atomic E-state index is 0.373. The first-order valence-corrected chi connectivity index (χ1v) is 5.56. The Morgan fingerprint density at radius 2 is 1.71 bits per heavy atom. The van der Waals surface area contributed by atoms with Gasteiger partial charge in [-0.3, -0.25) is 0 Å². The zero-order valence-corrected chi connectivity index (χ0v) is 8.79. The molecule has 1 fully saturated rings.